The van der Waals surface area contributed by atoms with E-state index < -0.39 is 0 Å². The second kappa shape index (κ2) is 6.29. The molecule has 1 heterocycles. The molecule has 0 N–H and O–H groups in total. The third kappa shape index (κ3) is 3.03. The molecule has 0 aliphatic carbocycles. The standard InChI is InChI=1S/C15H20ClNO2/c1-11-7-8-17(13(11)10-16)15(18)9-12-5-3-4-6-14(12)19-2/h3-6,11,13H,7-10H2,1-2H3. The van der Waals surface area contributed by atoms with Crippen molar-refractivity contribution in [3.63, 3.8) is 0 Å². The van der Waals surface area contributed by atoms with Gasteiger partial charge in [-0.2, -0.15) is 0 Å². The Morgan fingerprint density at radius 1 is 1.47 bits per heavy atom. The van der Waals surface area contributed by atoms with Gasteiger partial charge in [0.15, 0.2) is 0 Å². The lowest BCUT2D eigenvalue weighted by molar-refractivity contribution is -0.131. The number of alkyl halides is 1. The topological polar surface area (TPSA) is 29.5 Å². The predicted octanol–water partition coefficient (Wildman–Crippen LogP) is 2.71. The number of likely N-dealkylation sites (tertiary alicyclic amines) is 1. The minimum atomic E-state index is 0.138. The van der Waals surface area contributed by atoms with E-state index in [4.69, 9.17) is 16.3 Å². The van der Waals surface area contributed by atoms with Crippen LogP contribution in [-0.4, -0.2) is 36.4 Å². The van der Waals surface area contributed by atoms with Crippen LogP contribution in [0.25, 0.3) is 0 Å². The Hall–Kier alpha value is -1.22. The van der Waals surface area contributed by atoms with Crippen LogP contribution in [0.4, 0.5) is 0 Å². The van der Waals surface area contributed by atoms with Crippen LogP contribution >= 0.6 is 11.6 Å². The Balaban J connectivity index is 2.09. The molecule has 0 radical (unpaired) electrons. The van der Waals surface area contributed by atoms with Crippen molar-refractivity contribution in [3.8, 4) is 5.75 Å². The van der Waals surface area contributed by atoms with Crippen molar-refractivity contribution < 1.29 is 9.53 Å². The number of ether oxygens (including phenoxy) is 1. The van der Waals surface area contributed by atoms with Gasteiger partial charge in [-0.3, -0.25) is 4.79 Å². The molecule has 4 heteroatoms. The van der Waals surface area contributed by atoms with Crippen molar-refractivity contribution in [1.82, 2.24) is 4.90 Å². The highest BCUT2D eigenvalue weighted by Gasteiger charge is 2.33. The van der Waals surface area contributed by atoms with Gasteiger partial charge in [-0.05, 0) is 18.4 Å². The summed E-state index contributed by atoms with van der Waals surface area (Å²) >= 11 is 5.98. The van der Waals surface area contributed by atoms with Crippen LogP contribution in [0.2, 0.25) is 0 Å². The number of hydrogen-bond donors (Lipinski definition) is 0. The van der Waals surface area contributed by atoms with Crippen molar-refractivity contribution in [2.75, 3.05) is 19.5 Å². The van der Waals surface area contributed by atoms with E-state index in [1.807, 2.05) is 29.2 Å². The SMILES string of the molecule is COc1ccccc1CC(=O)N1CCC(C)C1CCl. The smallest absolute Gasteiger partial charge is 0.227 e. The zero-order valence-corrected chi connectivity index (χ0v) is 12.2. The van der Waals surface area contributed by atoms with Crippen LogP contribution in [0.3, 0.4) is 0 Å². The van der Waals surface area contributed by atoms with E-state index in [0.717, 1.165) is 24.3 Å². The van der Waals surface area contributed by atoms with Crippen molar-refractivity contribution in [3.05, 3.63) is 29.8 Å². The van der Waals surface area contributed by atoms with Gasteiger partial charge in [-0.15, -0.1) is 11.6 Å². The van der Waals surface area contributed by atoms with Crippen molar-refractivity contribution >= 4 is 17.5 Å². The fourth-order valence-corrected chi connectivity index (χ4v) is 3.14. The van der Waals surface area contributed by atoms with Gasteiger partial charge >= 0.3 is 0 Å². The fraction of sp³-hybridized carbons (Fsp3) is 0.533. The monoisotopic (exact) mass is 281 g/mol. The lowest BCUT2D eigenvalue weighted by Gasteiger charge is -2.25. The highest BCUT2D eigenvalue weighted by Crippen LogP contribution is 2.26. The number of nitrogens with zero attached hydrogens (tertiary/aromatic N) is 1. The van der Waals surface area contributed by atoms with Gasteiger partial charge in [-0.1, -0.05) is 25.1 Å². The third-order valence-electron chi connectivity index (χ3n) is 3.90. The Bertz CT molecular complexity index is 450. The van der Waals surface area contributed by atoms with E-state index in [0.29, 0.717) is 18.2 Å². The van der Waals surface area contributed by atoms with E-state index in [1.165, 1.54) is 0 Å². The highest BCUT2D eigenvalue weighted by molar-refractivity contribution is 6.18. The molecule has 1 aliphatic rings. The molecule has 1 aromatic rings. The number of benzene rings is 1. The highest BCUT2D eigenvalue weighted by atomic mass is 35.5. The average Bonchev–Trinajstić information content (AvgIpc) is 2.80. The molecule has 1 fully saturated rings. The first kappa shape index (κ1) is 14.2. The Morgan fingerprint density at radius 3 is 2.89 bits per heavy atom. The summed E-state index contributed by atoms with van der Waals surface area (Å²) in [6.07, 6.45) is 1.42. The lowest BCUT2D eigenvalue weighted by Crippen LogP contribution is -2.39. The van der Waals surface area contributed by atoms with Gasteiger partial charge in [0, 0.05) is 24.0 Å². The van der Waals surface area contributed by atoms with Gasteiger partial charge in [0.2, 0.25) is 5.91 Å². The lowest BCUT2D eigenvalue weighted by atomic mass is 10.0. The van der Waals surface area contributed by atoms with Gasteiger partial charge < -0.3 is 9.64 Å². The number of para-hydroxylation sites is 1. The van der Waals surface area contributed by atoms with E-state index >= 15 is 0 Å². The van der Waals surface area contributed by atoms with Gasteiger partial charge in [0.05, 0.1) is 13.5 Å². The normalized spacial score (nSPS) is 22.6. The van der Waals surface area contributed by atoms with Crippen molar-refractivity contribution in [2.24, 2.45) is 5.92 Å². The number of methoxy groups -OCH3 is 1. The van der Waals surface area contributed by atoms with E-state index in [1.54, 1.807) is 7.11 Å². The molecule has 1 aliphatic heterocycles. The molecule has 1 aromatic carbocycles. The molecule has 1 amide bonds. The summed E-state index contributed by atoms with van der Waals surface area (Å²) in [7, 11) is 1.63. The van der Waals surface area contributed by atoms with Crippen LogP contribution in [0.1, 0.15) is 18.9 Å². The molecule has 2 rings (SSSR count). The average molecular weight is 282 g/mol. The summed E-state index contributed by atoms with van der Waals surface area (Å²) < 4.78 is 5.29. The number of halogens is 1. The van der Waals surface area contributed by atoms with E-state index in [2.05, 4.69) is 6.92 Å². The first-order valence-corrected chi connectivity index (χ1v) is 7.18. The fourth-order valence-electron chi connectivity index (χ4n) is 2.67. The summed E-state index contributed by atoms with van der Waals surface area (Å²) in [4.78, 5) is 14.3. The summed E-state index contributed by atoms with van der Waals surface area (Å²) in [6.45, 7) is 2.97. The zero-order chi connectivity index (χ0) is 13.8. The minimum Gasteiger partial charge on any atom is -0.496 e. The van der Waals surface area contributed by atoms with Crippen molar-refractivity contribution in [2.45, 2.75) is 25.8 Å². The minimum absolute atomic E-state index is 0.138. The number of carbonyl (C=O) groups is 1. The largest absolute Gasteiger partial charge is 0.496 e. The van der Waals surface area contributed by atoms with Gasteiger partial charge in [0.25, 0.3) is 0 Å². The van der Waals surface area contributed by atoms with Crippen LogP contribution in [-0.2, 0) is 11.2 Å². The Labute approximate surface area is 119 Å². The van der Waals surface area contributed by atoms with E-state index in [9.17, 15) is 4.79 Å². The van der Waals surface area contributed by atoms with Crippen LogP contribution in [0.5, 0.6) is 5.75 Å². The third-order valence-corrected chi connectivity index (χ3v) is 4.21. The molecular weight excluding hydrogens is 262 g/mol. The van der Waals surface area contributed by atoms with Crippen LogP contribution in [0.15, 0.2) is 24.3 Å². The summed E-state index contributed by atoms with van der Waals surface area (Å²) in [6, 6.07) is 7.83. The Morgan fingerprint density at radius 2 is 2.21 bits per heavy atom. The summed E-state index contributed by atoms with van der Waals surface area (Å²) in [5.74, 6) is 1.91. The molecule has 2 atom stereocenters. The summed E-state index contributed by atoms with van der Waals surface area (Å²) in [5.41, 5.74) is 0.933. The first-order valence-electron chi connectivity index (χ1n) is 6.64. The molecule has 0 saturated carbocycles. The van der Waals surface area contributed by atoms with Crippen LogP contribution < -0.4 is 4.74 Å². The molecule has 0 aromatic heterocycles. The Kier molecular flexibility index (Phi) is 4.70. The molecule has 1 saturated heterocycles. The summed E-state index contributed by atoms with van der Waals surface area (Å²) in [5, 5.41) is 0. The molecular formula is C15H20ClNO2. The number of rotatable bonds is 4. The quantitative estimate of drug-likeness (QED) is 0.794. The van der Waals surface area contributed by atoms with Crippen molar-refractivity contribution in [1.29, 1.82) is 0 Å². The molecule has 0 spiro atoms. The maximum absolute atomic E-state index is 12.4. The number of carbonyl (C=O) groups excluding carboxylic acids is 1. The second-order valence-corrected chi connectivity index (χ2v) is 5.37. The van der Waals surface area contributed by atoms with Gasteiger partial charge in [0.1, 0.15) is 5.75 Å². The molecule has 0 bridgehead atoms. The molecule has 3 nitrogen and oxygen atoms in total. The van der Waals surface area contributed by atoms with Crippen LogP contribution in [0, 0.1) is 5.92 Å². The van der Waals surface area contributed by atoms with Gasteiger partial charge in [-0.25, -0.2) is 0 Å². The maximum Gasteiger partial charge on any atom is 0.227 e. The second-order valence-electron chi connectivity index (χ2n) is 5.06. The molecule has 2 unspecified atom stereocenters. The van der Waals surface area contributed by atoms with E-state index in [-0.39, 0.29) is 11.9 Å². The maximum atomic E-state index is 12.4. The zero-order valence-electron chi connectivity index (χ0n) is 11.4. The number of hydrogen-bond acceptors (Lipinski definition) is 2. The predicted molar refractivity (Wildman–Crippen MR) is 76.7 cm³/mol. The number of amides is 1. The first-order chi connectivity index (χ1) is 9.17. The molecule has 19 heavy (non-hydrogen) atoms. The molecule has 104 valence electrons.